The fourth-order valence-electron chi connectivity index (χ4n) is 3.60. The highest BCUT2D eigenvalue weighted by Crippen LogP contribution is 2.23. The zero-order valence-corrected chi connectivity index (χ0v) is 16.8. The number of H-pyrrole nitrogens is 1. The van der Waals surface area contributed by atoms with Gasteiger partial charge in [0.15, 0.2) is 5.82 Å². The van der Waals surface area contributed by atoms with Crippen molar-refractivity contribution in [1.29, 1.82) is 0 Å². The van der Waals surface area contributed by atoms with E-state index in [0.29, 0.717) is 37.4 Å². The van der Waals surface area contributed by atoms with Gasteiger partial charge >= 0.3 is 6.03 Å². The minimum Gasteiger partial charge on any atom is -0.326 e. The molecule has 1 aliphatic heterocycles. The lowest BCUT2D eigenvalue weighted by molar-refractivity contribution is -0.121. The number of aromatic amines is 1. The van der Waals surface area contributed by atoms with E-state index in [4.69, 9.17) is 0 Å². The Morgan fingerprint density at radius 2 is 1.77 bits per heavy atom. The maximum absolute atomic E-state index is 12.7. The number of benzene rings is 2. The van der Waals surface area contributed by atoms with Crippen molar-refractivity contribution in [3.8, 4) is 11.4 Å². The quantitative estimate of drug-likeness (QED) is 0.617. The number of anilines is 2. The van der Waals surface area contributed by atoms with Crippen LogP contribution in [-0.4, -0.2) is 45.1 Å². The van der Waals surface area contributed by atoms with Crippen LogP contribution in [0.4, 0.5) is 16.2 Å². The summed E-state index contributed by atoms with van der Waals surface area (Å²) in [5, 5.41) is 12.6. The van der Waals surface area contributed by atoms with E-state index in [1.54, 1.807) is 4.90 Å². The van der Waals surface area contributed by atoms with Crippen LogP contribution in [0.15, 0.2) is 54.9 Å². The van der Waals surface area contributed by atoms with Crippen LogP contribution >= 0.6 is 0 Å². The van der Waals surface area contributed by atoms with Crippen LogP contribution in [0.3, 0.4) is 0 Å². The summed E-state index contributed by atoms with van der Waals surface area (Å²) in [5.41, 5.74) is 3.45. The first kappa shape index (κ1) is 19.6. The molecule has 0 aliphatic carbocycles. The van der Waals surface area contributed by atoms with Crippen molar-refractivity contribution >= 4 is 23.3 Å². The highest BCUT2D eigenvalue weighted by molar-refractivity contribution is 5.94. The standard InChI is InChI=1S/C22H24N6O2/c1-15-4-2-6-18(12-15)26-22(30)28-10-8-16(9-11-28)21(29)25-19-7-3-5-17(13-19)20-23-14-24-27-20/h2-7,12-14,16H,8-11H2,1H3,(H,25,29)(H,26,30)(H,23,24,27). The monoisotopic (exact) mass is 404 g/mol. The molecule has 8 heteroatoms. The summed E-state index contributed by atoms with van der Waals surface area (Å²) in [4.78, 5) is 31.1. The highest BCUT2D eigenvalue weighted by atomic mass is 16.2. The van der Waals surface area contributed by atoms with Gasteiger partial charge in [0.2, 0.25) is 5.91 Å². The predicted octanol–water partition coefficient (Wildman–Crippen LogP) is 3.66. The summed E-state index contributed by atoms with van der Waals surface area (Å²) in [6.45, 7) is 3.09. The van der Waals surface area contributed by atoms with Gasteiger partial charge in [0.05, 0.1) is 0 Å². The second-order valence-electron chi connectivity index (χ2n) is 7.47. The molecule has 2 heterocycles. The molecule has 1 aromatic heterocycles. The zero-order valence-electron chi connectivity index (χ0n) is 16.8. The molecule has 154 valence electrons. The molecule has 0 unspecified atom stereocenters. The molecule has 8 nitrogen and oxygen atoms in total. The number of carbonyl (C=O) groups excluding carboxylic acids is 2. The molecule has 0 spiro atoms. The number of likely N-dealkylation sites (tertiary alicyclic amines) is 1. The van der Waals surface area contributed by atoms with Gasteiger partial charge in [-0.2, -0.15) is 5.10 Å². The highest BCUT2D eigenvalue weighted by Gasteiger charge is 2.27. The summed E-state index contributed by atoms with van der Waals surface area (Å²) < 4.78 is 0. The summed E-state index contributed by atoms with van der Waals surface area (Å²) in [7, 11) is 0. The van der Waals surface area contributed by atoms with E-state index < -0.39 is 0 Å². The molecule has 3 N–H and O–H groups in total. The van der Waals surface area contributed by atoms with Crippen LogP contribution in [0.1, 0.15) is 18.4 Å². The number of hydrogen-bond acceptors (Lipinski definition) is 4. The number of hydrogen-bond donors (Lipinski definition) is 3. The molecule has 0 atom stereocenters. The van der Waals surface area contributed by atoms with Crippen molar-refractivity contribution < 1.29 is 9.59 Å². The van der Waals surface area contributed by atoms with Crippen LogP contribution in [-0.2, 0) is 4.79 Å². The number of carbonyl (C=O) groups is 2. The second kappa shape index (κ2) is 8.77. The third-order valence-electron chi connectivity index (χ3n) is 5.24. The summed E-state index contributed by atoms with van der Waals surface area (Å²) in [5.74, 6) is 0.504. The van der Waals surface area contributed by atoms with Gasteiger partial charge in [-0.15, -0.1) is 0 Å². The Balaban J connectivity index is 1.30. The Hall–Kier alpha value is -3.68. The van der Waals surface area contributed by atoms with Gasteiger partial charge in [-0.1, -0.05) is 24.3 Å². The Morgan fingerprint density at radius 1 is 1.03 bits per heavy atom. The van der Waals surface area contributed by atoms with Gasteiger partial charge in [0.25, 0.3) is 0 Å². The maximum atomic E-state index is 12.7. The van der Waals surface area contributed by atoms with Crippen molar-refractivity contribution in [3.05, 3.63) is 60.4 Å². The predicted molar refractivity (Wildman–Crippen MR) is 115 cm³/mol. The van der Waals surface area contributed by atoms with E-state index in [-0.39, 0.29) is 17.9 Å². The van der Waals surface area contributed by atoms with Crippen LogP contribution in [0.25, 0.3) is 11.4 Å². The largest absolute Gasteiger partial charge is 0.326 e. The third-order valence-corrected chi connectivity index (χ3v) is 5.24. The van der Waals surface area contributed by atoms with Crippen molar-refractivity contribution in [3.63, 3.8) is 0 Å². The molecule has 3 aromatic rings. The summed E-state index contributed by atoms with van der Waals surface area (Å²) in [6.07, 6.45) is 2.72. The Morgan fingerprint density at radius 3 is 2.47 bits per heavy atom. The van der Waals surface area contributed by atoms with E-state index in [2.05, 4.69) is 25.8 Å². The van der Waals surface area contributed by atoms with Gasteiger partial charge in [0.1, 0.15) is 6.33 Å². The first-order valence-electron chi connectivity index (χ1n) is 9.98. The summed E-state index contributed by atoms with van der Waals surface area (Å²) in [6, 6.07) is 15.1. The Labute approximate surface area is 174 Å². The Bertz CT molecular complexity index is 1030. The van der Waals surface area contributed by atoms with Gasteiger partial charge in [-0.05, 0) is 49.6 Å². The molecule has 0 saturated carbocycles. The minimum absolute atomic E-state index is 0.0246. The van der Waals surface area contributed by atoms with Crippen LogP contribution < -0.4 is 10.6 Å². The maximum Gasteiger partial charge on any atom is 0.321 e. The molecule has 3 amide bonds. The number of rotatable bonds is 4. The average molecular weight is 404 g/mol. The van der Waals surface area contributed by atoms with Crippen molar-refractivity contribution in [2.24, 2.45) is 5.92 Å². The molecule has 1 fully saturated rings. The minimum atomic E-state index is -0.126. The normalized spacial score (nSPS) is 14.4. The van der Waals surface area contributed by atoms with Gasteiger partial charge in [-0.25, -0.2) is 9.78 Å². The van der Waals surface area contributed by atoms with E-state index in [1.807, 2.05) is 55.5 Å². The molecular weight excluding hydrogens is 380 g/mol. The number of amides is 3. The lowest BCUT2D eigenvalue weighted by atomic mass is 9.96. The number of aromatic nitrogens is 3. The molecule has 30 heavy (non-hydrogen) atoms. The fraction of sp³-hybridized carbons (Fsp3) is 0.273. The zero-order chi connectivity index (χ0) is 20.9. The molecule has 0 radical (unpaired) electrons. The fourth-order valence-corrected chi connectivity index (χ4v) is 3.60. The molecule has 1 saturated heterocycles. The number of piperidine rings is 1. The summed E-state index contributed by atoms with van der Waals surface area (Å²) >= 11 is 0. The molecule has 0 bridgehead atoms. The molecule has 4 rings (SSSR count). The van der Waals surface area contributed by atoms with Crippen molar-refractivity contribution in [2.45, 2.75) is 19.8 Å². The van der Waals surface area contributed by atoms with Crippen molar-refractivity contribution in [1.82, 2.24) is 20.1 Å². The first-order chi connectivity index (χ1) is 14.6. The number of nitrogens with zero attached hydrogens (tertiary/aromatic N) is 3. The number of urea groups is 1. The van der Waals surface area contributed by atoms with E-state index in [9.17, 15) is 9.59 Å². The van der Waals surface area contributed by atoms with E-state index in [0.717, 1.165) is 16.8 Å². The smallest absolute Gasteiger partial charge is 0.321 e. The molecule has 2 aromatic carbocycles. The average Bonchev–Trinajstić information content (AvgIpc) is 3.29. The second-order valence-corrected chi connectivity index (χ2v) is 7.47. The van der Waals surface area contributed by atoms with Crippen LogP contribution in [0.2, 0.25) is 0 Å². The molecular formula is C22H24N6O2. The topological polar surface area (TPSA) is 103 Å². The third kappa shape index (κ3) is 4.65. The van der Waals surface area contributed by atoms with Crippen molar-refractivity contribution in [2.75, 3.05) is 23.7 Å². The van der Waals surface area contributed by atoms with Crippen LogP contribution in [0, 0.1) is 12.8 Å². The van der Waals surface area contributed by atoms with Crippen LogP contribution in [0.5, 0.6) is 0 Å². The van der Waals surface area contributed by atoms with E-state index in [1.165, 1.54) is 6.33 Å². The Kier molecular flexibility index (Phi) is 5.74. The lowest BCUT2D eigenvalue weighted by Gasteiger charge is -2.31. The molecule has 1 aliphatic rings. The lowest BCUT2D eigenvalue weighted by Crippen LogP contribution is -2.43. The SMILES string of the molecule is Cc1cccc(NC(=O)N2CCC(C(=O)Nc3cccc(-c4ncn[nH]4)c3)CC2)c1. The number of aryl methyl sites for hydroxylation is 1. The van der Waals surface area contributed by atoms with E-state index >= 15 is 0 Å². The van der Waals surface area contributed by atoms with Gasteiger partial charge in [-0.3, -0.25) is 9.89 Å². The first-order valence-corrected chi connectivity index (χ1v) is 9.98. The van der Waals surface area contributed by atoms with Gasteiger partial charge < -0.3 is 15.5 Å². The number of nitrogens with one attached hydrogen (secondary N) is 3. The van der Waals surface area contributed by atoms with Gasteiger partial charge in [0, 0.05) is 35.9 Å².